The molecular weight excluding hydrogens is 514 g/mol. The van der Waals surface area contributed by atoms with E-state index in [1.165, 1.54) is 0 Å². The normalized spacial score (nSPS) is 14.0. The average Bonchev–Trinajstić information content (AvgIpc) is 3.44. The van der Waals surface area contributed by atoms with Gasteiger partial charge >= 0.3 is 0 Å². The van der Waals surface area contributed by atoms with Crippen molar-refractivity contribution in [3.05, 3.63) is 107 Å². The lowest BCUT2D eigenvalue weighted by Gasteiger charge is -2.40. The number of anilines is 1. The van der Waals surface area contributed by atoms with Crippen molar-refractivity contribution in [2.24, 2.45) is 0 Å². The molecule has 7 nitrogen and oxygen atoms in total. The van der Waals surface area contributed by atoms with Gasteiger partial charge in [-0.2, -0.15) is 0 Å². The van der Waals surface area contributed by atoms with Gasteiger partial charge in [-0.25, -0.2) is 0 Å². The lowest BCUT2D eigenvalue weighted by atomic mass is 9.96. The van der Waals surface area contributed by atoms with Crippen molar-refractivity contribution in [3.8, 4) is 17.2 Å². The van der Waals surface area contributed by atoms with Crippen LogP contribution in [0.25, 0.3) is 5.69 Å². The molecule has 200 valence electrons. The molecule has 0 fully saturated rings. The minimum absolute atomic E-state index is 0.139. The fraction of sp³-hybridized carbons (Fsp3) is 0.226. The summed E-state index contributed by atoms with van der Waals surface area (Å²) in [7, 11) is 3.21. The molecule has 2 amide bonds. The Morgan fingerprint density at radius 3 is 2.33 bits per heavy atom. The maximum absolute atomic E-state index is 14.4. The number of hydrogen-bond donors (Lipinski definition) is 0. The van der Waals surface area contributed by atoms with E-state index >= 15 is 0 Å². The molecular formula is C31H30ClN3O4. The van der Waals surface area contributed by atoms with Gasteiger partial charge in [0.1, 0.15) is 24.1 Å². The number of carbonyl (C=O) groups is 2. The van der Waals surface area contributed by atoms with Crippen molar-refractivity contribution < 1.29 is 19.1 Å². The van der Waals surface area contributed by atoms with E-state index in [0.29, 0.717) is 22.1 Å². The maximum atomic E-state index is 14.4. The zero-order valence-corrected chi connectivity index (χ0v) is 23.1. The third-order valence-electron chi connectivity index (χ3n) is 7.01. The first-order valence-electron chi connectivity index (χ1n) is 12.7. The van der Waals surface area contributed by atoms with E-state index in [-0.39, 0.29) is 24.4 Å². The van der Waals surface area contributed by atoms with Crippen LogP contribution in [-0.4, -0.2) is 48.1 Å². The number of carbonyl (C=O) groups excluding carboxylic acids is 2. The molecule has 2 heterocycles. The number of aromatic nitrogens is 1. The van der Waals surface area contributed by atoms with Crippen LogP contribution in [-0.2, 0) is 4.79 Å². The van der Waals surface area contributed by atoms with Gasteiger partial charge in [0.25, 0.3) is 5.91 Å². The Balaban J connectivity index is 1.63. The second-order valence-electron chi connectivity index (χ2n) is 9.57. The second-order valence-corrected chi connectivity index (χ2v) is 9.98. The Kier molecular flexibility index (Phi) is 7.35. The molecule has 5 rings (SSSR count). The van der Waals surface area contributed by atoms with Gasteiger partial charge in [0.15, 0.2) is 0 Å². The summed E-state index contributed by atoms with van der Waals surface area (Å²) < 4.78 is 13.4. The molecule has 1 aliphatic rings. The Morgan fingerprint density at radius 2 is 1.64 bits per heavy atom. The lowest BCUT2D eigenvalue weighted by molar-refractivity contribution is -0.120. The molecule has 0 saturated heterocycles. The third-order valence-corrected chi connectivity index (χ3v) is 7.34. The maximum Gasteiger partial charge on any atom is 0.256 e. The minimum Gasteiger partial charge on any atom is -0.497 e. The van der Waals surface area contributed by atoms with Gasteiger partial charge in [-0.3, -0.25) is 14.5 Å². The molecule has 0 radical (unpaired) electrons. The minimum atomic E-state index is -0.531. The number of ether oxygens (including phenoxy) is 2. The molecule has 1 aromatic heterocycles. The number of halogens is 1. The Labute approximate surface area is 233 Å². The molecule has 0 N–H and O–H groups in total. The quantitative estimate of drug-likeness (QED) is 0.281. The van der Waals surface area contributed by atoms with Gasteiger partial charge in [-0.1, -0.05) is 35.9 Å². The summed E-state index contributed by atoms with van der Waals surface area (Å²) in [6, 6.07) is 23.4. The van der Waals surface area contributed by atoms with Gasteiger partial charge in [0, 0.05) is 17.8 Å². The Morgan fingerprint density at radius 1 is 0.923 bits per heavy atom. The van der Waals surface area contributed by atoms with E-state index in [4.69, 9.17) is 21.1 Å². The van der Waals surface area contributed by atoms with Crippen LogP contribution in [0.3, 0.4) is 0 Å². The third kappa shape index (κ3) is 4.74. The van der Waals surface area contributed by atoms with Crippen LogP contribution < -0.4 is 14.4 Å². The molecule has 0 spiro atoms. The predicted octanol–water partition coefficient (Wildman–Crippen LogP) is 6.13. The SMILES string of the molecule is COc1ccc(OC)c(C2c3cccn3-c3ccccc3N2C(=O)CN(C(=O)c2ccccc2Cl)C(C)C)c1. The van der Waals surface area contributed by atoms with Crippen LogP contribution in [0.4, 0.5) is 5.69 Å². The van der Waals surface area contributed by atoms with Crippen LogP contribution in [0.5, 0.6) is 11.5 Å². The smallest absolute Gasteiger partial charge is 0.256 e. The fourth-order valence-corrected chi connectivity index (χ4v) is 5.33. The number of rotatable bonds is 7. The number of para-hydroxylation sites is 2. The van der Waals surface area contributed by atoms with E-state index in [9.17, 15) is 9.59 Å². The summed E-state index contributed by atoms with van der Waals surface area (Å²) in [5.74, 6) is 0.735. The van der Waals surface area contributed by atoms with E-state index in [2.05, 4.69) is 4.57 Å². The van der Waals surface area contributed by atoms with Crippen molar-refractivity contribution in [2.45, 2.75) is 25.9 Å². The van der Waals surface area contributed by atoms with Crippen molar-refractivity contribution >= 4 is 29.1 Å². The topological polar surface area (TPSA) is 64.0 Å². The molecule has 1 unspecified atom stereocenters. The highest BCUT2D eigenvalue weighted by atomic mass is 35.5. The second kappa shape index (κ2) is 10.9. The summed E-state index contributed by atoms with van der Waals surface area (Å²) in [5.41, 5.74) is 3.63. The van der Waals surface area contributed by atoms with Gasteiger partial charge in [0.05, 0.1) is 41.9 Å². The van der Waals surface area contributed by atoms with E-state index in [1.54, 1.807) is 48.3 Å². The van der Waals surface area contributed by atoms with Crippen LogP contribution >= 0.6 is 11.6 Å². The summed E-state index contributed by atoms with van der Waals surface area (Å²) in [6.45, 7) is 3.64. The molecule has 39 heavy (non-hydrogen) atoms. The number of methoxy groups -OCH3 is 2. The van der Waals surface area contributed by atoms with Crippen LogP contribution in [0.1, 0.15) is 41.5 Å². The summed E-state index contributed by atoms with van der Waals surface area (Å²) >= 11 is 6.36. The number of benzene rings is 3. The van der Waals surface area contributed by atoms with Gasteiger partial charge in [-0.15, -0.1) is 0 Å². The monoisotopic (exact) mass is 543 g/mol. The number of amides is 2. The number of nitrogens with zero attached hydrogens (tertiary/aromatic N) is 3. The van der Waals surface area contributed by atoms with Crippen LogP contribution in [0, 0.1) is 0 Å². The molecule has 8 heteroatoms. The first kappa shape index (κ1) is 26.4. The van der Waals surface area contributed by atoms with Gasteiger partial charge in [-0.05, 0) is 68.4 Å². The number of fused-ring (bicyclic) bond motifs is 3. The highest BCUT2D eigenvalue weighted by Gasteiger charge is 2.39. The first-order chi connectivity index (χ1) is 18.8. The van der Waals surface area contributed by atoms with E-state index in [1.807, 2.05) is 74.6 Å². The zero-order valence-electron chi connectivity index (χ0n) is 22.3. The lowest BCUT2D eigenvalue weighted by Crippen LogP contribution is -2.48. The molecule has 3 aromatic carbocycles. The molecule has 1 aliphatic heterocycles. The highest BCUT2D eigenvalue weighted by Crippen LogP contribution is 2.45. The molecule has 1 atom stereocenters. The fourth-order valence-electron chi connectivity index (χ4n) is 5.11. The molecule has 0 saturated carbocycles. The van der Waals surface area contributed by atoms with E-state index < -0.39 is 6.04 Å². The standard InChI is InChI=1S/C31H30ClN3O4/c1-20(2)34(31(37)22-10-5-6-11-24(22)32)19-29(36)35-26-13-8-7-12-25(26)33-17-9-14-27(33)30(35)23-18-21(38-3)15-16-28(23)39-4/h5-18,20,30H,19H2,1-4H3. The number of hydrogen-bond acceptors (Lipinski definition) is 4. The van der Waals surface area contributed by atoms with Crippen molar-refractivity contribution in [3.63, 3.8) is 0 Å². The molecule has 0 aliphatic carbocycles. The Hall–Kier alpha value is -4.23. The predicted molar refractivity (Wildman–Crippen MR) is 152 cm³/mol. The highest BCUT2D eigenvalue weighted by molar-refractivity contribution is 6.33. The van der Waals surface area contributed by atoms with E-state index in [0.717, 1.165) is 22.6 Å². The zero-order chi connectivity index (χ0) is 27.7. The average molecular weight is 544 g/mol. The van der Waals surface area contributed by atoms with Crippen molar-refractivity contribution in [1.29, 1.82) is 0 Å². The van der Waals surface area contributed by atoms with Crippen molar-refractivity contribution in [2.75, 3.05) is 25.7 Å². The summed E-state index contributed by atoms with van der Waals surface area (Å²) in [6.07, 6.45) is 1.98. The molecule has 0 bridgehead atoms. The van der Waals surface area contributed by atoms with Crippen LogP contribution in [0.15, 0.2) is 85.1 Å². The van der Waals surface area contributed by atoms with Gasteiger partial charge < -0.3 is 18.9 Å². The summed E-state index contributed by atoms with van der Waals surface area (Å²) in [5, 5.41) is 0.348. The Bertz CT molecular complexity index is 1530. The van der Waals surface area contributed by atoms with Crippen LogP contribution in [0.2, 0.25) is 5.02 Å². The first-order valence-corrected chi connectivity index (χ1v) is 13.1. The van der Waals surface area contributed by atoms with Crippen molar-refractivity contribution in [1.82, 2.24) is 9.47 Å². The summed E-state index contributed by atoms with van der Waals surface area (Å²) in [4.78, 5) is 31.3. The van der Waals surface area contributed by atoms with Gasteiger partial charge in [0.2, 0.25) is 5.91 Å². The molecule has 4 aromatic rings. The largest absolute Gasteiger partial charge is 0.497 e.